The molecule has 0 aliphatic heterocycles. The van der Waals surface area contributed by atoms with Crippen LogP contribution < -0.4 is 5.06 Å². The minimum Gasteiger partial charge on any atom is -0.288 e. The molecule has 0 radical (unpaired) electrons. The molecule has 0 bridgehead atoms. The quantitative estimate of drug-likeness (QED) is 0.665. The fourth-order valence-corrected chi connectivity index (χ4v) is 1.97. The summed E-state index contributed by atoms with van der Waals surface area (Å²) < 4.78 is 0. The van der Waals surface area contributed by atoms with Crippen LogP contribution in [0, 0.1) is 0 Å². The number of carbonyl (C=O) groups excluding carboxylic acids is 1. The second-order valence-corrected chi connectivity index (χ2v) is 4.46. The van der Waals surface area contributed by atoms with Gasteiger partial charge >= 0.3 is 0 Å². The summed E-state index contributed by atoms with van der Waals surface area (Å²) in [5.41, 5.74) is 0.756. The zero-order chi connectivity index (χ0) is 13.1. The van der Waals surface area contributed by atoms with Crippen LogP contribution in [-0.2, 0) is 4.79 Å². The summed E-state index contributed by atoms with van der Waals surface area (Å²) in [5, 5.41) is 11.0. The van der Waals surface area contributed by atoms with Crippen molar-refractivity contribution in [2.45, 2.75) is 0 Å². The van der Waals surface area contributed by atoms with Crippen molar-refractivity contribution in [1.82, 2.24) is 0 Å². The number of nitrogens with zero attached hydrogens (tertiary/aromatic N) is 1. The molecule has 0 fully saturated rings. The monoisotopic (exact) mass is 281 g/mol. The Morgan fingerprint density at radius 3 is 2.44 bits per heavy atom. The van der Waals surface area contributed by atoms with Crippen LogP contribution in [0.15, 0.2) is 64.3 Å². The second-order valence-electron chi connectivity index (χ2n) is 3.62. The topological polar surface area (TPSA) is 40.5 Å². The lowest BCUT2D eigenvalue weighted by Crippen LogP contribution is -2.14. The molecule has 0 spiro atoms. The van der Waals surface area contributed by atoms with E-state index in [1.54, 1.807) is 24.3 Å². The van der Waals surface area contributed by atoms with Crippen LogP contribution in [0.1, 0.15) is 0 Å². The maximum Gasteiger partial charge on any atom is 0.206 e. The van der Waals surface area contributed by atoms with Gasteiger partial charge in [-0.25, -0.2) is 5.06 Å². The molecule has 0 unspecified atom stereocenters. The molecule has 2 rings (SSSR count). The predicted octanol–water partition coefficient (Wildman–Crippen LogP) is 3.59. The van der Waals surface area contributed by atoms with Gasteiger partial charge in [-0.2, -0.15) is 0 Å². The molecule has 18 heavy (non-hydrogen) atoms. The molecule has 1 aromatic rings. The minimum atomic E-state index is -0.379. The first-order valence-electron chi connectivity index (χ1n) is 5.12. The van der Waals surface area contributed by atoms with Crippen LogP contribution in [-0.4, -0.2) is 11.0 Å². The smallest absolute Gasteiger partial charge is 0.206 e. The second kappa shape index (κ2) is 5.40. The first-order valence-corrected chi connectivity index (χ1v) is 5.87. The predicted molar refractivity (Wildman–Crippen MR) is 71.7 cm³/mol. The van der Waals surface area contributed by atoms with E-state index in [0.717, 1.165) is 5.06 Å². The fraction of sp³-hybridized carbons (Fsp3) is 0. The van der Waals surface area contributed by atoms with Crippen LogP contribution in [0.3, 0.4) is 0 Å². The van der Waals surface area contributed by atoms with Gasteiger partial charge in [0.15, 0.2) is 0 Å². The van der Waals surface area contributed by atoms with Gasteiger partial charge < -0.3 is 0 Å². The van der Waals surface area contributed by atoms with E-state index in [4.69, 9.17) is 23.2 Å². The Hall–Kier alpha value is -1.55. The number of allylic oxidation sites excluding steroid dienone is 5. The highest BCUT2D eigenvalue weighted by atomic mass is 35.5. The number of para-hydroxylation sites is 1. The molecule has 1 N–H and O–H groups in total. The summed E-state index contributed by atoms with van der Waals surface area (Å²) in [7, 11) is 0. The molecule has 1 aromatic carbocycles. The molecule has 1 aliphatic carbocycles. The van der Waals surface area contributed by atoms with Gasteiger partial charge in [-0.3, -0.25) is 10.0 Å². The zero-order valence-electron chi connectivity index (χ0n) is 9.18. The third-order valence-corrected chi connectivity index (χ3v) is 2.82. The summed E-state index contributed by atoms with van der Waals surface area (Å²) in [6, 6.07) is 8.78. The number of rotatable bonds is 2. The molecule has 3 nitrogen and oxygen atoms in total. The van der Waals surface area contributed by atoms with Crippen molar-refractivity contribution >= 4 is 34.7 Å². The van der Waals surface area contributed by atoms with E-state index in [-0.39, 0.29) is 16.4 Å². The average Bonchev–Trinajstić information content (AvgIpc) is 2.36. The van der Waals surface area contributed by atoms with Crippen molar-refractivity contribution in [3.63, 3.8) is 0 Å². The molecule has 92 valence electrons. The molecule has 1 aliphatic rings. The Kier molecular flexibility index (Phi) is 3.87. The Balaban J connectivity index is 2.29. The number of hydrogen-bond acceptors (Lipinski definition) is 3. The molecule has 0 saturated carbocycles. The molecule has 0 aromatic heterocycles. The highest BCUT2D eigenvalue weighted by Gasteiger charge is 2.18. The van der Waals surface area contributed by atoms with Gasteiger partial charge in [0.05, 0.1) is 10.7 Å². The van der Waals surface area contributed by atoms with Crippen molar-refractivity contribution in [3.05, 3.63) is 64.3 Å². The van der Waals surface area contributed by atoms with Gasteiger partial charge in [-0.1, -0.05) is 41.4 Å². The van der Waals surface area contributed by atoms with Crippen LogP contribution >= 0.6 is 23.2 Å². The largest absolute Gasteiger partial charge is 0.288 e. The summed E-state index contributed by atoms with van der Waals surface area (Å²) in [6.45, 7) is 0. The lowest BCUT2D eigenvalue weighted by molar-refractivity contribution is -0.111. The highest BCUT2D eigenvalue weighted by Crippen LogP contribution is 2.24. The lowest BCUT2D eigenvalue weighted by Gasteiger charge is -2.14. The van der Waals surface area contributed by atoms with Gasteiger partial charge in [0, 0.05) is 16.8 Å². The van der Waals surface area contributed by atoms with Crippen molar-refractivity contribution < 1.29 is 10.0 Å². The van der Waals surface area contributed by atoms with Crippen LogP contribution in [0.2, 0.25) is 0 Å². The normalized spacial score (nSPS) is 17.5. The number of Topliss-reactive ketones (excluding diaryl/α,β-unsaturated/α-hetero) is 1. The first kappa shape index (κ1) is 12.9. The maximum absolute atomic E-state index is 11.7. The van der Waals surface area contributed by atoms with E-state index >= 15 is 0 Å². The number of benzene rings is 1. The number of ketones is 1. The van der Waals surface area contributed by atoms with Gasteiger partial charge in [-0.05, 0) is 24.3 Å². The highest BCUT2D eigenvalue weighted by molar-refractivity contribution is 6.48. The van der Waals surface area contributed by atoms with Crippen molar-refractivity contribution in [2.24, 2.45) is 0 Å². The first-order chi connectivity index (χ1) is 8.58. The number of hydrogen-bond donors (Lipinski definition) is 1. The fourth-order valence-electron chi connectivity index (χ4n) is 1.46. The van der Waals surface area contributed by atoms with E-state index in [0.29, 0.717) is 10.7 Å². The van der Waals surface area contributed by atoms with Crippen LogP contribution in [0.4, 0.5) is 5.69 Å². The van der Waals surface area contributed by atoms with Crippen molar-refractivity contribution in [2.75, 3.05) is 5.06 Å². The van der Waals surface area contributed by atoms with E-state index in [1.165, 1.54) is 18.4 Å². The number of anilines is 1. The number of carbonyl (C=O) groups is 1. The summed E-state index contributed by atoms with van der Waals surface area (Å²) in [4.78, 5) is 11.7. The Morgan fingerprint density at radius 1 is 1.11 bits per heavy atom. The molecule has 0 amide bonds. The van der Waals surface area contributed by atoms with E-state index in [2.05, 4.69) is 0 Å². The van der Waals surface area contributed by atoms with E-state index in [9.17, 15) is 10.0 Å². The van der Waals surface area contributed by atoms with Gasteiger partial charge in [0.1, 0.15) is 0 Å². The number of hydroxylamine groups is 1. The zero-order valence-corrected chi connectivity index (χ0v) is 10.7. The minimum absolute atomic E-state index is 0.0233. The molecule has 0 atom stereocenters. The Bertz CT molecular complexity index is 562. The van der Waals surface area contributed by atoms with E-state index in [1.807, 2.05) is 6.07 Å². The van der Waals surface area contributed by atoms with Gasteiger partial charge in [0.25, 0.3) is 0 Å². The summed E-state index contributed by atoms with van der Waals surface area (Å²) in [5.74, 6) is -0.379. The van der Waals surface area contributed by atoms with Gasteiger partial charge in [-0.15, -0.1) is 0 Å². The van der Waals surface area contributed by atoms with Crippen molar-refractivity contribution in [1.29, 1.82) is 0 Å². The van der Waals surface area contributed by atoms with Crippen LogP contribution in [0.25, 0.3) is 0 Å². The maximum atomic E-state index is 11.7. The van der Waals surface area contributed by atoms with Gasteiger partial charge in [0.2, 0.25) is 5.78 Å². The third-order valence-electron chi connectivity index (χ3n) is 2.32. The van der Waals surface area contributed by atoms with Crippen molar-refractivity contribution in [3.8, 4) is 0 Å². The summed E-state index contributed by atoms with van der Waals surface area (Å²) in [6.07, 6.45) is 4.09. The third kappa shape index (κ3) is 2.82. The standard InChI is InChI=1S/C13H9Cl2NO2/c14-10-6-9(13(17)12(15)7-10)8-16(18)11-4-2-1-3-5-11/h1-8,18H. The average molecular weight is 282 g/mol. The van der Waals surface area contributed by atoms with E-state index < -0.39 is 0 Å². The Labute approximate surface area is 114 Å². The SMILES string of the molecule is O=C1C(Cl)=CC(Cl)=CC1=CN(O)c1ccccc1. The Morgan fingerprint density at radius 2 is 1.78 bits per heavy atom. The molecular weight excluding hydrogens is 273 g/mol. The number of halogens is 2. The molecule has 0 saturated heterocycles. The molecular formula is C13H9Cl2NO2. The lowest BCUT2D eigenvalue weighted by atomic mass is 10.1. The summed E-state index contributed by atoms with van der Waals surface area (Å²) >= 11 is 11.5. The molecule has 5 heteroatoms. The molecule has 0 heterocycles. The van der Waals surface area contributed by atoms with Crippen LogP contribution in [0.5, 0.6) is 0 Å².